The van der Waals surface area contributed by atoms with Gasteiger partial charge in [-0.1, -0.05) is 24.3 Å². The molecule has 1 aromatic heterocycles. The Hall–Kier alpha value is -2.69. The van der Waals surface area contributed by atoms with Crippen LogP contribution in [0.3, 0.4) is 0 Å². The summed E-state index contributed by atoms with van der Waals surface area (Å²) in [5, 5.41) is 0. The van der Waals surface area contributed by atoms with Crippen LogP contribution in [0.4, 0.5) is 0 Å². The number of ether oxygens (including phenoxy) is 1. The zero-order chi connectivity index (χ0) is 19.3. The first-order chi connectivity index (χ1) is 13.1. The number of carbonyl (C=O) groups is 2. The Kier molecular flexibility index (Phi) is 5.89. The topological polar surface area (TPSA) is 59.5 Å². The lowest BCUT2D eigenvalue weighted by Crippen LogP contribution is -2.51. The average Bonchev–Trinajstić information content (AvgIpc) is 2.70. The van der Waals surface area contributed by atoms with Crippen LogP contribution in [0.15, 0.2) is 48.8 Å². The van der Waals surface area contributed by atoms with Crippen LogP contribution in [0.5, 0.6) is 0 Å². The third-order valence-corrected chi connectivity index (χ3v) is 5.27. The van der Waals surface area contributed by atoms with Crippen molar-refractivity contribution in [3.05, 3.63) is 65.5 Å². The number of aryl methyl sites for hydroxylation is 1. The second-order valence-corrected chi connectivity index (χ2v) is 7.18. The van der Waals surface area contributed by atoms with Crippen molar-refractivity contribution in [3.8, 4) is 0 Å². The van der Waals surface area contributed by atoms with E-state index in [9.17, 15) is 9.59 Å². The first kappa shape index (κ1) is 19.1. The van der Waals surface area contributed by atoms with Crippen molar-refractivity contribution in [3.63, 3.8) is 0 Å². The number of hydrogen-bond donors (Lipinski definition) is 0. The van der Waals surface area contributed by atoms with E-state index < -0.39 is 5.41 Å². The molecule has 1 aliphatic rings. The number of carbonyl (C=O) groups excluding carboxylic acids is 2. The van der Waals surface area contributed by atoms with E-state index in [4.69, 9.17) is 4.74 Å². The monoisotopic (exact) mass is 366 g/mol. The third kappa shape index (κ3) is 4.18. The molecule has 5 heteroatoms. The molecule has 1 unspecified atom stereocenters. The summed E-state index contributed by atoms with van der Waals surface area (Å²) < 4.78 is 5.44. The van der Waals surface area contributed by atoms with Crippen molar-refractivity contribution in [2.24, 2.45) is 5.41 Å². The van der Waals surface area contributed by atoms with Gasteiger partial charge in [0, 0.05) is 25.5 Å². The van der Waals surface area contributed by atoms with E-state index in [0.29, 0.717) is 31.7 Å². The molecule has 1 aliphatic heterocycles. The van der Waals surface area contributed by atoms with Crippen LogP contribution in [-0.4, -0.2) is 41.5 Å². The number of piperidine rings is 1. The summed E-state index contributed by atoms with van der Waals surface area (Å²) in [5.74, 6) is -0.293. The summed E-state index contributed by atoms with van der Waals surface area (Å²) in [5.41, 5.74) is 2.12. The molecule has 0 aliphatic carbocycles. The lowest BCUT2D eigenvalue weighted by molar-refractivity contribution is -0.158. The summed E-state index contributed by atoms with van der Waals surface area (Å²) in [6.07, 6.45) is 5.29. The van der Waals surface area contributed by atoms with Crippen molar-refractivity contribution in [2.75, 3.05) is 19.7 Å². The Morgan fingerprint density at radius 2 is 2.04 bits per heavy atom. The fraction of sp³-hybridized carbons (Fsp3) is 0.409. The lowest BCUT2D eigenvalue weighted by Gasteiger charge is -2.41. The number of aromatic nitrogens is 1. The van der Waals surface area contributed by atoms with Gasteiger partial charge in [0.15, 0.2) is 0 Å². The second kappa shape index (κ2) is 8.33. The highest BCUT2D eigenvalue weighted by atomic mass is 16.5. The number of likely N-dealkylation sites (tertiary alicyclic amines) is 1. The second-order valence-electron chi connectivity index (χ2n) is 7.18. The molecule has 0 bridgehead atoms. The predicted octanol–water partition coefficient (Wildman–Crippen LogP) is 3.42. The highest BCUT2D eigenvalue weighted by Gasteiger charge is 2.45. The smallest absolute Gasteiger partial charge is 0.314 e. The zero-order valence-electron chi connectivity index (χ0n) is 16.0. The number of pyridine rings is 1. The Balaban J connectivity index is 1.89. The van der Waals surface area contributed by atoms with Gasteiger partial charge in [-0.25, -0.2) is 0 Å². The predicted molar refractivity (Wildman–Crippen MR) is 103 cm³/mol. The van der Waals surface area contributed by atoms with Crippen LogP contribution >= 0.6 is 0 Å². The molecule has 0 N–H and O–H groups in total. The minimum absolute atomic E-state index is 0.0822. The summed E-state index contributed by atoms with van der Waals surface area (Å²) in [7, 11) is 0. The van der Waals surface area contributed by atoms with Gasteiger partial charge in [0.2, 0.25) is 0 Å². The molecule has 2 heterocycles. The van der Waals surface area contributed by atoms with Crippen molar-refractivity contribution in [2.45, 2.75) is 33.1 Å². The summed E-state index contributed by atoms with van der Waals surface area (Å²) >= 11 is 0. The van der Waals surface area contributed by atoms with Crippen molar-refractivity contribution < 1.29 is 14.3 Å². The van der Waals surface area contributed by atoms with Gasteiger partial charge in [-0.3, -0.25) is 14.6 Å². The maximum Gasteiger partial charge on any atom is 0.314 e. The lowest BCUT2D eigenvalue weighted by atomic mass is 9.74. The van der Waals surface area contributed by atoms with Gasteiger partial charge in [-0.05, 0) is 56.4 Å². The first-order valence-corrected chi connectivity index (χ1v) is 9.47. The SMILES string of the molecule is CCOC(=O)C1(Cc2ccccc2C)CCCN(C(=O)c2cccnc2)C1. The molecule has 2 aromatic rings. The van der Waals surface area contributed by atoms with Crippen LogP contribution in [-0.2, 0) is 16.0 Å². The van der Waals surface area contributed by atoms with Crippen LogP contribution < -0.4 is 0 Å². The number of rotatable bonds is 5. The van der Waals surface area contributed by atoms with E-state index in [1.54, 1.807) is 29.4 Å². The molecule has 142 valence electrons. The molecular formula is C22H26N2O3. The molecule has 1 atom stereocenters. The van der Waals surface area contributed by atoms with Gasteiger partial charge in [-0.2, -0.15) is 0 Å². The van der Waals surface area contributed by atoms with E-state index in [1.165, 1.54) is 0 Å². The molecule has 1 aromatic carbocycles. The van der Waals surface area contributed by atoms with Gasteiger partial charge in [0.05, 0.1) is 17.6 Å². The van der Waals surface area contributed by atoms with Crippen LogP contribution in [0, 0.1) is 12.3 Å². The van der Waals surface area contributed by atoms with Crippen LogP contribution in [0.2, 0.25) is 0 Å². The van der Waals surface area contributed by atoms with Gasteiger partial charge in [0.1, 0.15) is 0 Å². The first-order valence-electron chi connectivity index (χ1n) is 9.47. The minimum Gasteiger partial charge on any atom is -0.466 e. The maximum atomic E-state index is 13.0. The molecule has 0 radical (unpaired) electrons. The van der Waals surface area contributed by atoms with E-state index in [0.717, 1.165) is 24.0 Å². The average molecular weight is 366 g/mol. The van der Waals surface area contributed by atoms with Gasteiger partial charge < -0.3 is 9.64 Å². The zero-order valence-corrected chi connectivity index (χ0v) is 16.0. The Bertz CT molecular complexity index is 806. The minimum atomic E-state index is -0.710. The Morgan fingerprint density at radius 1 is 1.22 bits per heavy atom. The number of benzene rings is 1. The maximum absolute atomic E-state index is 13.0. The standard InChI is InChI=1S/C22H26N2O3/c1-3-27-21(26)22(14-18-9-5-4-8-17(18)2)11-7-13-24(16-22)20(25)19-10-6-12-23-15-19/h4-6,8-10,12,15H,3,7,11,13-14,16H2,1-2H3. The number of esters is 1. The van der Waals surface area contributed by atoms with E-state index in [-0.39, 0.29) is 11.9 Å². The highest BCUT2D eigenvalue weighted by molar-refractivity contribution is 5.94. The summed E-state index contributed by atoms with van der Waals surface area (Å²) in [6, 6.07) is 11.6. The van der Waals surface area contributed by atoms with Crippen LogP contribution in [0.25, 0.3) is 0 Å². The number of nitrogens with zero attached hydrogens (tertiary/aromatic N) is 2. The summed E-state index contributed by atoms with van der Waals surface area (Å²) in [6.45, 7) is 5.22. The fourth-order valence-electron chi connectivity index (χ4n) is 3.82. The quantitative estimate of drug-likeness (QED) is 0.761. The Morgan fingerprint density at radius 3 is 2.74 bits per heavy atom. The van der Waals surface area contributed by atoms with Crippen LogP contribution in [0.1, 0.15) is 41.3 Å². The highest BCUT2D eigenvalue weighted by Crippen LogP contribution is 2.36. The van der Waals surface area contributed by atoms with E-state index in [1.807, 2.05) is 19.1 Å². The number of hydrogen-bond acceptors (Lipinski definition) is 4. The van der Waals surface area contributed by atoms with E-state index in [2.05, 4.69) is 24.0 Å². The molecule has 1 saturated heterocycles. The van der Waals surface area contributed by atoms with Gasteiger partial charge in [-0.15, -0.1) is 0 Å². The molecular weight excluding hydrogens is 340 g/mol. The van der Waals surface area contributed by atoms with Crippen molar-refractivity contribution in [1.29, 1.82) is 0 Å². The molecule has 0 saturated carbocycles. The van der Waals surface area contributed by atoms with Gasteiger partial charge in [0.25, 0.3) is 5.91 Å². The van der Waals surface area contributed by atoms with Crippen molar-refractivity contribution >= 4 is 11.9 Å². The summed E-state index contributed by atoms with van der Waals surface area (Å²) in [4.78, 5) is 31.7. The normalized spacial score (nSPS) is 19.6. The molecule has 0 spiro atoms. The molecule has 3 rings (SSSR count). The van der Waals surface area contributed by atoms with E-state index >= 15 is 0 Å². The third-order valence-electron chi connectivity index (χ3n) is 5.27. The largest absolute Gasteiger partial charge is 0.466 e. The fourth-order valence-corrected chi connectivity index (χ4v) is 3.82. The molecule has 1 amide bonds. The molecule has 5 nitrogen and oxygen atoms in total. The van der Waals surface area contributed by atoms with Gasteiger partial charge >= 0.3 is 5.97 Å². The Labute approximate surface area is 160 Å². The molecule has 1 fully saturated rings. The number of amides is 1. The molecule has 27 heavy (non-hydrogen) atoms. The van der Waals surface area contributed by atoms with Crippen molar-refractivity contribution in [1.82, 2.24) is 9.88 Å².